The SMILES string of the molecule is C[C@@H]1CC[C@@H](C)C1.C[C@@H]1CC[C@H](C)C1. The third kappa shape index (κ3) is 4.48. The molecule has 2 rings (SSSR count). The van der Waals surface area contributed by atoms with E-state index < -0.39 is 0 Å². The van der Waals surface area contributed by atoms with Crippen molar-refractivity contribution in [3.63, 3.8) is 0 Å². The zero-order chi connectivity index (χ0) is 10.6. The van der Waals surface area contributed by atoms with E-state index in [-0.39, 0.29) is 0 Å². The summed E-state index contributed by atoms with van der Waals surface area (Å²) in [5.41, 5.74) is 0. The summed E-state index contributed by atoms with van der Waals surface area (Å²) in [6, 6.07) is 0. The minimum Gasteiger partial charge on any atom is -0.0625 e. The van der Waals surface area contributed by atoms with Crippen LogP contribution in [0.1, 0.15) is 66.2 Å². The van der Waals surface area contributed by atoms with Crippen LogP contribution in [-0.2, 0) is 0 Å². The van der Waals surface area contributed by atoms with Crippen molar-refractivity contribution in [1.29, 1.82) is 0 Å². The van der Waals surface area contributed by atoms with E-state index >= 15 is 0 Å². The second-order valence-electron chi connectivity index (χ2n) is 6.05. The predicted molar refractivity (Wildman–Crippen MR) is 64.4 cm³/mol. The van der Waals surface area contributed by atoms with Crippen LogP contribution in [0.3, 0.4) is 0 Å². The smallest absolute Gasteiger partial charge is 0.0440 e. The summed E-state index contributed by atoms with van der Waals surface area (Å²) < 4.78 is 0. The van der Waals surface area contributed by atoms with Crippen LogP contribution in [0.4, 0.5) is 0 Å². The molecule has 0 aromatic rings. The van der Waals surface area contributed by atoms with E-state index in [4.69, 9.17) is 0 Å². The fourth-order valence-corrected chi connectivity index (χ4v) is 2.98. The molecule has 0 saturated heterocycles. The van der Waals surface area contributed by atoms with Gasteiger partial charge in [-0.05, 0) is 36.5 Å². The molecule has 2 saturated carbocycles. The topological polar surface area (TPSA) is 0 Å². The van der Waals surface area contributed by atoms with Crippen molar-refractivity contribution >= 4 is 0 Å². The van der Waals surface area contributed by atoms with Crippen molar-refractivity contribution in [2.75, 3.05) is 0 Å². The fraction of sp³-hybridized carbons (Fsp3) is 1.00. The van der Waals surface area contributed by atoms with Gasteiger partial charge in [-0.3, -0.25) is 0 Å². The Hall–Kier alpha value is 0. The van der Waals surface area contributed by atoms with E-state index in [9.17, 15) is 0 Å². The Kier molecular flexibility index (Phi) is 4.98. The molecule has 0 N–H and O–H groups in total. The molecule has 2 fully saturated rings. The summed E-state index contributed by atoms with van der Waals surface area (Å²) in [6.07, 6.45) is 8.84. The molecule has 0 amide bonds. The first-order valence-electron chi connectivity index (χ1n) is 6.58. The molecule has 0 spiro atoms. The second kappa shape index (κ2) is 5.78. The highest BCUT2D eigenvalue weighted by atomic mass is 14.2. The number of rotatable bonds is 0. The molecule has 0 nitrogen and oxygen atoms in total. The molecule has 0 aliphatic heterocycles. The first-order valence-corrected chi connectivity index (χ1v) is 6.58. The molecule has 0 heterocycles. The van der Waals surface area contributed by atoms with E-state index in [1.165, 1.54) is 38.5 Å². The van der Waals surface area contributed by atoms with E-state index in [2.05, 4.69) is 27.7 Å². The molecule has 0 radical (unpaired) electrons. The summed E-state index contributed by atoms with van der Waals surface area (Å²) in [5, 5.41) is 0. The van der Waals surface area contributed by atoms with Gasteiger partial charge in [-0.2, -0.15) is 0 Å². The highest BCUT2D eigenvalue weighted by Crippen LogP contribution is 2.29. The molecule has 0 bridgehead atoms. The van der Waals surface area contributed by atoms with E-state index in [0.29, 0.717) is 0 Å². The molecule has 0 aromatic carbocycles. The molecule has 2 aliphatic carbocycles. The van der Waals surface area contributed by atoms with Crippen molar-refractivity contribution in [3.05, 3.63) is 0 Å². The standard InChI is InChI=1S/2C7H14/c2*1-6-3-4-7(2)5-6/h2*6-7H,3-5H2,1-2H3/t6-,7+;6-,7-/m.1/s1. The van der Waals surface area contributed by atoms with Crippen LogP contribution in [0.25, 0.3) is 0 Å². The van der Waals surface area contributed by atoms with E-state index in [1.807, 2.05) is 0 Å². The fourth-order valence-electron chi connectivity index (χ4n) is 2.98. The van der Waals surface area contributed by atoms with Crippen molar-refractivity contribution in [2.24, 2.45) is 23.7 Å². The Morgan fingerprint density at radius 3 is 0.786 bits per heavy atom. The minimum absolute atomic E-state index is 1.02. The minimum atomic E-state index is 1.02. The third-order valence-electron chi connectivity index (χ3n) is 3.91. The Balaban J connectivity index is 0.000000140. The van der Waals surface area contributed by atoms with Crippen molar-refractivity contribution in [1.82, 2.24) is 0 Å². The normalized spacial score (nSPS) is 42.0. The zero-order valence-electron chi connectivity index (χ0n) is 10.6. The van der Waals surface area contributed by atoms with E-state index in [1.54, 1.807) is 0 Å². The van der Waals surface area contributed by atoms with Crippen LogP contribution in [0.2, 0.25) is 0 Å². The molecular formula is C14H28. The molecule has 0 heteroatoms. The Labute approximate surface area is 90.5 Å². The lowest BCUT2D eigenvalue weighted by atomic mass is 10.1. The van der Waals surface area contributed by atoms with Gasteiger partial charge in [0.1, 0.15) is 0 Å². The summed E-state index contributed by atoms with van der Waals surface area (Å²) in [5.74, 6) is 4.09. The maximum absolute atomic E-state index is 2.35. The van der Waals surface area contributed by atoms with Gasteiger partial charge in [0, 0.05) is 0 Å². The lowest BCUT2D eigenvalue weighted by Gasteiger charge is -1.96. The summed E-state index contributed by atoms with van der Waals surface area (Å²) in [4.78, 5) is 0. The number of hydrogen-bond acceptors (Lipinski definition) is 0. The molecule has 14 heavy (non-hydrogen) atoms. The zero-order valence-corrected chi connectivity index (χ0v) is 10.6. The van der Waals surface area contributed by atoms with E-state index in [0.717, 1.165) is 23.7 Å². The van der Waals surface area contributed by atoms with Gasteiger partial charge in [-0.1, -0.05) is 53.4 Å². The van der Waals surface area contributed by atoms with Crippen molar-refractivity contribution in [3.8, 4) is 0 Å². The van der Waals surface area contributed by atoms with Gasteiger partial charge in [0.05, 0.1) is 0 Å². The maximum Gasteiger partial charge on any atom is -0.0440 e. The third-order valence-corrected chi connectivity index (χ3v) is 3.91. The molecule has 0 unspecified atom stereocenters. The average Bonchev–Trinajstić information content (AvgIpc) is 2.63. The van der Waals surface area contributed by atoms with Gasteiger partial charge in [-0.25, -0.2) is 0 Å². The lowest BCUT2D eigenvalue weighted by molar-refractivity contribution is 0.555. The van der Waals surface area contributed by atoms with Crippen molar-refractivity contribution < 1.29 is 0 Å². The van der Waals surface area contributed by atoms with Crippen LogP contribution in [0.5, 0.6) is 0 Å². The van der Waals surface area contributed by atoms with Crippen LogP contribution >= 0.6 is 0 Å². The van der Waals surface area contributed by atoms with Gasteiger partial charge in [-0.15, -0.1) is 0 Å². The highest BCUT2D eigenvalue weighted by Gasteiger charge is 2.16. The highest BCUT2D eigenvalue weighted by molar-refractivity contribution is 4.68. The van der Waals surface area contributed by atoms with Crippen molar-refractivity contribution in [2.45, 2.75) is 66.2 Å². The van der Waals surface area contributed by atoms with Gasteiger partial charge < -0.3 is 0 Å². The monoisotopic (exact) mass is 196 g/mol. The molecular weight excluding hydrogens is 168 g/mol. The molecule has 2 aliphatic rings. The van der Waals surface area contributed by atoms with Gasteiger partial charge in [0.2, 0.25) is 0 Å². The summed E-state index contributed by atoms with van der Waals surface area (Å²) in [7, 11) is 0. The summed E-state index contributed by atoms with van der Waals surface area (Å²) >= 11 is 0. The van der Waals surface area contributed by atoms with Gasteiger partial charge in [0.25, 0.3) is 0 Å². The first kappa shape index (κ1) is 12.1. The van der Waals surface area contributed by atoms with Crippen LogP contribution in [0.15, 0.2) is 0 Å². The first-order chi connectivity index (χ1) is 6.58. The van der Waals surface area contributed by atoms with Crippen LogP contribution in [-0.4, -0.2) is 0 Å². The molecule has 84 valence electrons. The molecule has 0 aromatic heterocycles. The predicted octanol–water partition coefficient (Wildman–Crippen LogP) is 4.89. The van der Waals surface area contributed by atoms with Crippen LogP contribution in [0, 0.1) is 23.7 Å². The summed E-state index contributed by atoms with van der Waals surface area (Å²) in [6.45, 7) is 9.40. The lowest BCUT2D eigenvalue weighted by Crippen LogP contribution is -1.84. The maximum atomic E-state index is 2.35. The Morgan fingerprint density at radius 1 is 0.500 bits per heavy atom. The molecule has 4 atom stereocenters. The van der Waals surface area contributed by atoms with Gasteiger partial charge in [0.15, 0.2) is 0 Å². The Morgan fingerprint density at radius 2 is 0.714 bits per heavy atom. The largest absolute Gasteiger partial charge is 0.0625 e. The average molecular weight is 196 g/mol. The quantitative estimate of drug-likeness (QED) is 0.518. The Bertz CT molecular complexity index is 116. The van der Waals surface area contributed by atoms with Crippen LogP contribution < -0.4 is 0 Å². The number of hydrogen-bond donors (Lipinski definition) is 0. The second-order valence-corrected chi connectivity index (χ2v) is 6.05. The van der Waals surface area contributed by atoms with Gasteiger partial charge >= 0.3 is 0 Å².